The predicted molar refractivity (Wildman–Crippen MR) is 250 cm³/mol. The Balaban J connectivity index is 1.03. The highest BCUT2D eigenvalue weighted by molar-refractivity contribution is 6.02. The lowest BCUT2D eigenvalue weighted by Crippen LogP contribution is -2.56. The summed E-state index contributed by atoms with van der Waals surface area (Å²) in [5.41, 5.74) is 0.0541. The van der Waals surface area contributed by atoms with Gasteiger partial charge >= 0.3 is 6.09 Å². The molecule has 0 bridgehead atoms. The van der Waals surface area contributed by atoms with Crippen molar-refractivity contribution in [1.29, 1.82) is 0 Å². The average molecular weight is 937 g/mol. The molecule has 67 heavy (non-hydrogen) atoms. The van der Waals surface area contributed by atoms with Gasteiger partial charge in [-0.05, 0) is 106 Å². The van der Waals surface area contributed by atoms with Crippen LogP contribution in [0.1, 0.15) is 99.3 Å². The van der Waals surface area contributed by atoms with Gasteiger partial charge < -0.3 is 50.2 Å². The number of fused-ring (bicyclic) bond motifs is 2. The summed E-state index contributed by atoms with van der Waals surface area (Å²) in [6.45, 7) is 23.0. The van der Waals surface area contributed by atoms with Crippen LogP contribution in [0.3, 0.4) is 0 Å². The van der Waals surface area contributed by atoms with Crippen molar-refractivity contribution in [3.05, 3.63) is 71.6 Å². The third-order valence-corrected chi connectivity index (χ3v) is 13.3. The minimum atomic E-state index is -1.79. The zero-order chi connectivity index (χ0) is 49.3. The van der Waals surface area contributed by atoms with Gasteiger partial charge in [0.1, 0.15) is 22.9 Å². The fourth-order valence-electron chi connectivity index (χ4n) is 9.62. The average Bonchev–Trinajstić information content (AvgIpc) is 3.48. The summed E-state index contributed by atoms with van der Waals surface area (Å²) in [6.07, 6.45) is 1.67. The van der Waals surface area contributed by atoms with Gasteiger partial charge in [0, 0.05) is 6.54 Å². The molecule has 3 amide bonds. The second kappa shape index (κ2) is 23.2. The predicted octanol–water partition coefficient (Wildman–Crippen LogP) is 4.23. The van der Waals surface area contributed by atoms with Gasteiger partial charge in [-0.25, -0.2) is 9.48 Å². The van der Waals surface area contributed by atoms with Crippen LogP contribution in [0.5, 0.6) is 0 Å². The molecule has 3 aliphatic carbocycles. The Bertz CT molecular complexity index is 2030. The standard InChI is InChI=1S/C50H76N6O11/c1-30(2)24-39(52-46(61)42(58)38(26-34-14-12-11-13-15-34)53-47(62)67-48(6,7)8)45(60)51-18-20-64-22-23-65-21-19-56-28-35(54-55-56)29-66-43-31(3)16-17-36-37(49(36,9)10)25-32(4)44(59)50(63)27-33(5)41(57)40(43)50/h11-15,25,28,30,33,36-43,57-58,63H,3,16-24,26-27,29H2,1-2,4-10H3,(H,51,60)(H,52,61)(H,53,62)/b32-25+/t33-,36-,37+,38+,39-,40+,41-,42-,43-,50+/m0/s1. The number of hydrogen-bond donors (Lipinski definition) is 6. The molecule has 17 nitrogen and oxygen atoms in total. The van der Waals surface area contributed by atoms with Crippen LogP contribution in [0.15, 0.2) is 60.3 Å². The molecular formula is C50H76N6O11. The van der Waals surface area contributed by atoms with Crippen LogP contribution in [0.2, 0.25) is 0 Å². The van der Waals surface area contributed by atoms with Gasteiger partial charge in [0.15, 0.2) is 11.9 Å². The van der Waals surface area contributed by atoms with E-state index >= 15 is 0 Å². The molecule has 10 atom stereocenters. The molecule has 0 saturated heterocycles. The van der Waals surface area contributed by atoms with Gasteiger partial charge in [-0.2, -0.15) is 0 Å². The largest absolute Gasteiger partial charge is 0.444 e. The summed E-state index contributed by atoms with van der Waals surface area (Å²) < 4.78 is 24.8. The first-order valence-corrected chi connectivity index (χ1v) is 23.8. The van der Waals surface area contributed by atoms with E-state index in [1.54, 1.807) is 38.6 Å². The number of alkyl carbamates (subject to hydrolysis) is 1. The van der Waals surface area contributed by atoms with Crippen molar-refractivity contribution in [2.45, 2.75) is 149 Å². The number of amides is 3. The van der Waals surface area contributed by atoms with Crippen LogP contribution in [-0.2, 0) is 52.9 Å². The van der Waals surface area contributed by atoms with E-state index in [-0.39, 0.29) is 74.8 Å². The Labute approximate surface area is 395 Å². The molecule has 2 fully saturated rings. The van der Waals surface area contributed by atoms with Crippen molar-refractivity contribution in [3.8, 4) is 0 Å². The second-order valence-electron chi connectivity index (χ2n) is 20.7. The summed E-state index contributed by atoms with van der Waals surface area (Å²) in [4.78, 5) is 53.2. The number of Topliss-reactive ketones (excluding diaryl/α,β-unsaturated/α-hetero) is 1. The third kappa shape index (κ3) is 14.5. The molecule has 2 saturated carbocycles. The van der Waals surface area contributed by atoms with Crippen LogP contribution in [0.25, 0.3) is 0 Å². The molecule has 0 aliphatic heterocycles. The Morgan fingerprint density at radius 1 is 1.03 bits per heavy atom. The van der Waals surface area contributed by atoms with E-state index in [0.29, 0.717) is 43.2 Å². The monoisotopic (exact) mass is 937 g/mol. The van der Waals surface area contributed by atoms with Crippen LogP contribution < -0.4 is 16.0 Å². The lowest BCUT2D eigenvalue weighted by molar-refractivity contribution is -0.148. The first kappa shape index (κ1) is 53.4. The normalized spacial score (nSPS) is 27.1. The van der Waals surface area contributed by atoms with Crippen LogP contribution in [0.4, 0.5) is 4.79 Å². The number of ether oxygens (including phenoxy) is 4. The number of nitrogens with one attached hydrogen (secondary N) is 3. The molecule has 1 aromatic heterocycles. The van der Waals surface area contributed by atoms with Crippen LogP contribution >= 0.6 is 0 Å². The fraction of sp³-hybridized carbons (Fsp3) is 0.680. The van der Waals surface area contributed by atoms with Gasteiger partial charge in [0.25, 0.3) is 5.91 Å². The van der Waals surface area contributed by atoms with Crippen molar-refractivity contribution >= 4 is 23.7 Å². The Hall–Kier alpha value is -4.52. The van der Waals surface area contributed by atoms with Crippen molar-refractivity contribution in [2.24, 2.45) is 35.0 Å². The molecule has 5 rings (SSSR count). The fourth-order valence-corrected chi connectivity index (χ4v) is 9.62. The molecule has 0 radical (unpaired) electrons. The number of allylic oxidation sites excluding steroid dienone is 1. The number of rotatable bonds is 21. The first-order valence-electron chi connectivity index (χ1n) is 23.8. The van der Waals surface area contributed by atoms with Crippen LogP contribution in [0, 0.1) is 35.0 Å². The van der Waals surface area contributed by atoms with Gasteiger partial charge in [0.2, 0.25) is 5.91 Å². The molecule has 1 aromatic carbocycles. The number of benzene rings is 1. The molecule has 0 unspecified atom stereocenters. The molecule has 0 spiro atoms. The molecule has 3 aliphatic rings. The van der Waals surface area contributed by atoms with Gasteiger partial charge in [-0.15, -0.1) is 5.10 Å². The molecule has 2 aromatic rings. The van der Waals surface area contributed by atoms with Crippen molar-refractivity contribution < 1.29 is 53.4 Å². The molecule has 372 valence electrons. The van der Waals surface area contributed by atoms with Crippen molar-refractivity contribution in [1.82, 2.24) is 30.9 Å². The van der Waals surface area contributed by atoms with Crippen LogP contribution in [-0.4, -0.2) is 129 Å². The van der Waals surface area contributed by atoms with E-state index in [1.807, 2.05) is 57.2 Å². The number of aliphatic hydroxyl groups excluding tert-OH is 2. The first-order chi connectivity index (χ1) is 31.5. The van der Waals surface area contributed by atoms with Crippen molar-refractivity contribution in [3.63, 3.8) is 0 Å². The number of hydrogen-bond acceptors (Lipinski definition) is 13. The SMILES string of the molecule is C=C1CC[C@H]2[C@@H](/C=C(\C)C(=O)[C@@]3(O)C[C@H](C)[C@H](O)[C@@H]3[C@H]1OCc1cn(CCOCCOCCNC(=O)[C@H](CC(C)C)NC(=O)[C@@H](O)[C@@H](Cc3ccccc3)NC(=O)OC(C)(C)C)nn1)C2(C)C. The highest BCUT2D eigenvalue weighted by Crippen LogP contribution is 2.62. The number of aliphatic hydroxyl groups is 3. The summed E-state index contributed by atoms with van der Waals surface area (Å²) >= 11 is 0. The zero-order valence-corrected chi connectivity index (χ0v) is 41.0. The molecule has 6 N–H and O–H groups in total. The maximum Gasteiger partial charge on any atom is 0.407 e. The van der Waals surface area contributed by atoms with E-state index < -0.39 is 65.4 Å². The van der Waals surface area contributed by atoms with Gasteiger partial charge in [-0.3, -0.25) is 14.4 Å². The zero-order valence-electron chi connectivity index (χ0n) is 41.0. The highest BCUT2D eigenvalue weighted by atomic mass is 16.6. The molecule has 17 heteroatoms. The van der Waals surface area contributed by atoms with Crippen molar-refractivity contribution in [2.75, 3.05) is 33.0 Å². The second-order valence-corrected chi connectivity index (χ2v) is 20.7. The third-order valence-electron chi connectivity index (χ3n) is 13.3. The maximum absolute atomic E-state index is 13.9. The number of nitrogens with zero attached hydrogens (tertiary/aromatic N) is 3. The smallest absolute Gasteiger partial charge is 0.407 e. The van der Waals surface area contributed by atoms with E-state index in [2.05, 4.69) is 46.7 Å². The summed E-state index contributed by atoms with van der Waals surface area (Å²) in [5, 5.41) is 51.1. The summed E-state index contributed by atoms with van der Waals surface area (Å²) in [5.74, 6) is -2.13. The number of carbonyl (C=O) groups is 4. The number of ketones is 1. The molecular weight excluding hydrogens is 861 g/mol. The van der Waals surface area contributed by atoms with Gasteiger partial charge in [0.05, 0.1) is 69.9 Å². The van der Waals surface area contributed by atoms with E-state index in [0.717, 1.165) is 17.6 Å². The maximum atomic E-state index is 13.9. The van der Waals surface area contributed by atoms with E-state index in [1.165, 1.54) is 0 Å². The molecule has 1 heterocycles. The Morgan fingerprint density at radius 2 is 1.72 bits per heavy atom. The number of aromatic nitrogens is 3. The highest BCUT2D eigenvalue weighted by Gasteiger charge is 2.61. The minimum absolute atomic E-state index is 0.0388. The lowest BCUT2D eigenvalue weighted by Gasteiger charge is -2.37. The summed E-state index contributed by atoms with van der Waals surface area (Å²) in [7, 11) is 0. The lowest BCUT2D eigenvalue weighted by atomic mass is 9.77. The topological polar surface area (TPSA) is 233 Å². The summed E-state index contributed by atoms with van der Waals surface area (Å²) in [6, 6.07) is 7.15. The Morgan fingerprint density at radius 3 is 2.39 bits per heavy atom. The minimum Gasteiger partial charge on any atom is -0.444 e. The van der Waals surface area contributed by atoms with E-state index in [9.17, 15) is 34.5 Å². The van der Waals surface area contributed by atoms with E-state index in [4.69, 9.17) is 18.9 Å². The Kier molecular flexibility index (Phi) is 18.5. The quantitative estimate of drug-likeness (QED) is 0.0762. The van der Waals surface area contributed by atoms with Gasteiger partial charge in [-0.1, -0.05) is 82.8 Å². The number of carbonyl (C=O) groups excluding carboxylic acids is 4.